The molecule has 7 heteroatoms. The Morgan fingerprint density at radius 3 is 2.14 bits per heavy atom. The van der Waals surface area contributed by atoms with Gasteiger partial charge >= 0.3 is 12.1 Å². The molecule has 2 atom stereocenters. The normalized spacial score (nSPS) is 12.9. The Morgan fingerprint density at radius 1 is 0.909 bits per heavy atom. The number of alkyl carbamates (subject to hydrolysis) is 1. The molecule has 44 heavy (non-hydrogen) atoms. The lowest BCUT2D eigenvalue weighted by Gasteiger charge is -2.33. The van der Waals surface area contributed by atoms with Crippen molar-refractivity contribution >= 4 is 17.7 Å². The Balaban J connectivity index is 2.23. The quantitative estimate of drug-likeness (QED) is 0.124. The standard InChI is InChI=1S/C37H58N2O5/c1-8-9-10-11-12-13-14-16-19-29-22-23-33(31(24-29)25-32(26-40)38-36(42)44-37(4,5)6)39(7)34(28(2)3)35(41)43-27-30-20-17-15-18-21-30/h15,17-18,20-24,28,32,34,40H,8-14,16,19,25-27H2,1-7H3,(H,38,42)/t32?,34-/m0/s1. The van der Waals surface area contributed by atoms with Gasteiger partial charge in [0.2, 0.25) is 0 Å². The molecule has 246 valence electrons. The fraction of sp³-hybridized carbons (Fsp3) is 0.622. The van der Waals surface area contributed by atoms with Crippen LogP contribution in [0.3, 0.4) is 0 Å². The molecule has 0 aliphatic carbocycles. The highest BCUT2D eigenvalue weighted by atomic mass is 16.6. The maximum atomic E-state index is 13.4. The van der Waals surface area contributed by atoms with Gasteiger partial charge in [0.05, 0.1) is 12.6 Å². The van der Waals surface area contributed by atoms with Crippen LogP contribution >= 0.6 is 0 Å². The number of unbranched alkanes of at least 4 members (excludes halogenated alkanes) is 7. The van der Waals surface area contributed by atoms with E-state index in [9.17, 15) is 14.7 Å². The average molecular weight is 611 g/mol. The van der Waals surface area contributed by atoms with Crippen LogP contribution in [0.2, 0.25) is 0 Å². The molecular weight excluding hydrogens is 552 g/mol. The lowest BCUT2D eigenvalue weighted by atomic mass is 9.95. The van der Waals surface area contributed by atoms with Gasteiger partial charge in [-0.25, -0.2) is 9.59 Å². The van der Waals surface area contributed by atoms with E-state index >= 15 is 0 Å². The Labute approximate surface area is 266 Å². The van der Waals surface area contributed by atoms with Crippen LogP contribution < -0.4 is 10.2 Å². The second-order valence-corrected chi connectivity index (χ2v) is 13.3. The molecule has 0 saturated heterocycles. The molecule has 2 aromatic rings. The Bertz CT molecular complexity index is 1110. The predicted molar refractivity (Wildman–Crippen MR) is 180 cm³/mol. The summed E-state index contributed by atoms with van der Waals surface area (Å²) < 4.78 is 11.2. The van der Waals surface area contributed by atoms with Crippen molar-refractivity contribution in [3.63, 3.8) is 0 Å². The molecule has 1 amide bonds. The minimum atomic E-state index is -0.643. The maximum Gasteiger partial charge on any atom is 0.407 e. The summed E-state index contributed by atoms with van der Waals surface area (Å²) in [6.45, 7) is 11.7. The van der Waals surface area contributed by atoms with E-state index in [0.29, 0.717) is 6.42 Å². The van der Waals surface area contributed by atoms with Crippen LogP contribution in [-0.2, 0) is 33.7 Å². The average Bonchev–Trinajstić information content (AvgIpc) is 2.96. The summed E-state index contributed by atoms with van der Waals surface area (Å²) in [5.41, 5.74) is 3.35. The van der Waals surface area contributed by atoms with Crippen LogP contribution in [0.4, 0.5) is 10.5 Å². The molecule has 2 aromatic carbocycles. The molecule has 0 saturated carbocycles. The van der Waals surface area contributed by atoms with Crippen molar-refractivity contribution in [2.45, 2.75) is 130 Å². The largest absolute Gasteiger partial charge is 0.459 e. The molecule has 2 rings (SSSR count). The zero-order chi connectivity index (χ0) is 32.5. The number of likely N-dealkylation sites (N-methyl/N-ethyl adjacent to an activating group) is 1. The van der Waals surface area contributed by atoms with Crippen molar-refractivity contribution in [3.8, 4) is 0 Å². The summed E-state index contributed by atoms with van der Waals surface area (Å²) in [6, 6.07) is 15.0. The number of aliphatic hydroxyl groups is 1. The highest BCUT2D eigenvalue weighted by molar-refractivity contribution is 5.81. The van der Waals surface area contributed by atoms with Crippen LogP contribution in [0.1, 0.15) is 110 Å². The van der Waals surface area contributed by atoms with Crippen LogP contribution in [0.5, 0.6) is 0 Å². The van der Waals surface area contributed by atoms with Gasteiger partial charge < -0.3 is 24.8 Å². The molecule has 0 bridgehead atoms. The molecule has 1 unspecified atom stereocenters. The number of amides is 1. The number of aliphatic hydroxyl groups excluding tert-OH is 1. The predicted octanol–water partition coefficient (Wildman–Crippen LogP) is 8.00. The molecular formula is C37H58N2O5. The van der Waals surface area contributed by atoms with Crippen molar-refractivity contribution in [2.75, 3.05) is 18.6 Å². The van der Waals surface area contributed by atoms with E-state index in [4.69, 9.17) is 9.47 Å². The molecule has 0 fully saturated rings. The third kappa shape index (κ3) is 13.7. The third-order valence-electron chi connectivity index (χ3n) is 7.76. The zero-order valence-electron chi connectivity index (χ0n) is 28.4. The summed E-state index contributed by atoms with van der Waals surface area (Å²) in [5, 5.41) is 13.0. The van der Waals surface area contributed by atoms with E-state index in [1.807, 2.05) is 76.9 Å². The third-order valence-corrected chi connectivity index (χ3v) is 7.76. The lowest BCUT2D eigenvalue weighted by molar-refractivity contribution is -0.147. The van der Waals surface area contributed by atoms with Gasteiger partial charge in [0.15, 0.2) is 0 Å². The Kier molecular flexibility index (Phi) is 16.3. The highest BCUT2D eigenvalue weighted by Crippen LogP contribution is 2.28. The summed E-state index contributed by atoms with van der Waals surface area (Å²) in [6.07, 6.45) is 10.9. The first-order valence-electron chi connectivity index (χ1n) is 16.6. The van der Waals surface area contributed by atoms with Gasteiger partial charge in [-0.1, -0.05) is 108 Å². The second kappa shape index (κ2) is 19.4. The van der Waals surface area contributed by atoms with Crippen LogP contribution in [0, 0.1) is 5.92 Å². The Hall–Kier alpha value is -3.06. The van der Waals surface area contributed by atoms with Gasteiger partial charge in [0.1, 0.15) is 18.2 Å². The van der Waals surface area contributed by atoms with E-state index < -0.39 is 23.8 Å². The van der Waals surface area contributed by atoms with E-state index in [-0.39, 0.29) is 25.1 Å². The van der Waals surface area contributed by atoms with Crippen LogP contribution in [0.15, 0.2) is 48.5 Å². The fourth-order valence-corrected chi connectivity index (χ4v) is 5.51. The first-order chi connectivity index (χ1) is 20.9. The number of ether oxygens (including phenoxy) is 2. The summed E-state index contributed by atoms with van der Waals surface area (Å²) >= 11 is 0. The number of rotatable bonds is 19. The highest BCUT2D eigenvalue weighted by Gasteiger charge is 2.30. The number of nitrogens with zero attached hydrogens (tertiary/aromatic N) is 1. The topological polar surface area (TPSA) is 88.1 Å². The minimum Gasteiger partial charge on any atom is -0.459 e. The molecule has 0 aliphatic heterocycles. The molecule has 0 aromatic heterocycles. The first kappa shape index (κ1) is 37.1. The minimum absolute atomic E-state index is 0.0124. The lowest BCUT2D eigenvalue weighted by Crippen LogP contribution is -2.45. The molecule has 0 radical (unpaired) electrons. The van der Waals surface area contributed by atoms with Crippen LogP contribution in [0.25, 0.3) is 0 Å². The van der Waals surface area contributed by atoms with Gasteiger partial charge in [0, 0.05) is 12.7 Å². The second-order valence-electron chi connectivity index (χ2n) is 13.3. The number of nitrogens with one attached hydrogen (secondary N) is 1. The van der Waals surface area contributed by atoms with Gasteiger partial charge in [-0.2, -0.15) is 0 Å². The van der Waals surface area contributed by atoms with E-state index in [1.54, 1.807) is 0 Å². The van der Waals surface area contributed by atoms with Crippen LogP contribution in [-0.4, -0.2) is 48.5 Å². The first-order valence-corrected chi connectivity index (χ1v) is 16.6. The number of carbonyl (C=O) groups excluding carboxylic acids is 2. The number of aryl methyl sites for hydroxylation is 1. The van der Waals surface area contributed by atoms with Crippen molar-refractivity contribution in [1.82, 2.24) is 5.32 Å². The fourth-order valence-electron chi connectivity index (χ4n) is 5.51. The van der Waals surface area contributed by atoms with Gasteiger partial charge in [-0.15, -0.1) is 0 Å². The maximum absolute atomic E-state index is 13.4. The summed E-state index contributed by atoms with van der Waals surface area (Å²) in [4.78, 5) is 27.9. The summed E-state index contributed by atoms with van der Waals surface area (Å²) in [7, 11) is 1.92. The van der Waals surface area contributed by atoms with Crippen molar-refractivity contribution < 1.29 is 24.2 Å². The number of hydrogen-bond donors (Lipinski definition) is 2. The molecule has 7 nitrogen and oxygen atoms in total. The van der Waals surface area contributed by atoms with Crippen molar-refractivity contribution in [2.24, 2.45) is 5.92 Å². The van der Waals surface area contributed by atoms with Crippen molar-refractivity contribution in [3.05, 3.63) is 65.2 Å². The van der Waals surface area contributed by atoms with Gasteiger partial charge in [0.25, 0.3) is 0 Å². The molecule has 2 N–H and O–H groups in total. The number of benzene rings is 2. The number of carbonyl (C=O) groups is 2. The monoisotopic (exact) mass is 610 g/mol. The Morgan fingerprint density at radius 2 is 1.55 bits per heavy atom. The van der Waals surface area contributed by atoms with Gasteiger partial charge in [-0.3, -0.25) is 0 Å². The molecule has 0 aliphatic rings. The van der Waals surface area contributed by atoms with Gasteiger partial charge in [-0.05, 0) is 68.7 Å². The van der Waals surface area contributed by atoms with E-state index in [0.717, 1.165) is 29.7 Å². The SMILES string of the molecule is CCCCCCCCCCc1ccc(N(C)[C@H](C(=O)OCc2ccccc2)C(C)C)c(CC(CO)NC(=O)OC(C)(C)C)c1. The zero-order valence-corrected chi connectivity index (χ0v) is 28.4. The van der Waals surface area contributed by atoms with E-state index in [1.165, 1.54) is 50.5 Å². The number of hydrogen-bond acceptors (Lipinski definition) is 6. The molecule has 0 heterocycles. The summed E-state index contributed by atoms with van der Waals surface area (Å²) in [5.74, 6) is -0.299. The van der Waals surface area contributed by atoms with Crippen molar-refractivity contribution in [1.29, 1.82) is 0 Å². The number of anilines is 1. The number of esters is 1. The van der Waals surface area contributed by atoms with E-state index in [2.05, 4.69) is 30.4 Å². The smallest absolute Gasteiger partial charge is 0.407 e. The molecule has 0 spiro atoms.